The Morgan fingerprint density at radius 2 is 2.24 bits per heavy atom. The molecule has 1 fully saturated rings. The monoisotopic (exact) mass is 282 g/mol. The van der Waals surface area contributed by atoms with Gasteiger partial charge in [0.25, 0.3) is 0 Å². The number of nitrogens with zero attached hydrogens (tertiary/aromatic N) is 1. The third-order valence-corrected chi connectivity index (χ3v) is 4.62. The van der Waals surface area contributed by atoms with Crippen molar-refractivity contribution in [2.45, 2.75) is 26.2 Å². The van der Waals surface area contributed by atoms with Gasteiger partial charge in [-0.1, -0.05) is 31.2 Å². The van der Waals surface area contributed by atoms with E-state index in [1.54, 1.807) is 6.20 Å². The predicted octanol–water partition coefficient (Wildman–Crippen LogP) is 3.44. The molecule has 3 rings (SSSR count). The van der Waals surface area contributed by atoms with Crippen LogP contribution in [0.15, 0.2) is 36.7 Å². The molecule has 21 heavy (non-hydrogen) atoms. The Hall–Kier alpha value is -1.74. The summed E-state index contributed by atoms with van der Waals surface area (Å²) in [5.74, 6) is 1.26. The predicted molar refractivity (Wildman–Crippen MR) is 85.4 cm³/mol. The first-order chi connectivity index (χ1) is 10.3. The van der Waals surface area contributed by atoms with E-state index in [0.717, 1.165) is 29.4 Å². The molecule has 1 N–H and O–H groups in total. The van der Waals surface area contributed by atoms with Crippen molar-refractivity contribution in [3.05, 3.63) is 42.2 Å². The highest BCUT2D eigenvalue weighted by Gasteiger charge is 2.23. The number of piperidine rings is 1. The van der Waals surface area contributed by atoms with Crippen LogP contribution in [0.5, 0.6) is 0 Å². The fourth-order valence-electron chi connectivity index (χ4n) is 3.27. The van der Waals surface area contributed by atoms with Crippen LogP contribution in [0.3, 0.4) is 0 Å². The fraction of sp³-hybridized carbons (Fsp3) is 0.444. The third-order valence-electron chi connectivity index (χ3n) is 4.62. The summed E-state index contributed by atoms with van der Waals surface area (Å²) in [6.45, 7) is 4.36. The van der Waals surface area contributed by atoms with E-state index in [0.29, 0.717) is 18.3 Å². The molecule has 2 unspecified atom stereocenters. The molecule has 2 aromatic rings. The molecule has 2 atom stereocenters. The molecule has 1 saturated heterocycles. The SMILES string of the molecule is CC(CC(=O)c1cncc2ccccc12)C1CCCNC1. The number of aromatic nitrogens is 1. The number of rotatable bonds is 4. The number of nitrogens with one attached hydrogen (secondary N) is 1. The average Bonchev–Trinajstić information content (AvgIpc) is 2.55. The van der Waals surface area contributed by atoms with Gasteiger partial charge < -0.3 is 5.32 Å². The Balaban J connectivity index is 1.77. The van der Waals surface area contributed by atoms with Crippen molar-refractivity contribution < 1.29 is 4.79 Å². The molecule has 0 radical (unpaired) electrons. The maximum atomic E-state index is 12.7. The van der Waals surface area contributed by atoms with Gasteiger partial charge in [-0.25, -0.2) is 0 Å². The first kappa shape index (κ1) is 14.2. The van der Waals surface area contributed by atoms with E-state index in [4.69, 9.17) is 0 Å². The molecule has 1 aliphatic rings. The van der Waals surface area contributed by atoms with Crippen LogP contribution >= 0.6 is 0 Å². The van der Waals surface area contributed by atoms with Crippen molar-refractivity contribution in [2.24, 2.45) is 11.8 Å². The molecule has 0 spiro atoms. The summed E-state index contributed by atoms with van der Waals surface area (Å²) in [5.41, 5.74) is 0.767. The molecule has 1 aromatic heterocycles. The highest BCUT2D eigenvalue weighted by Crippen LogP contribution is 2.26. The van der Waals surface area contributed by atoms with Crippen LogP contribution in [0.2, 0.25) is 0 Å². The maximum absolute atomic E-state index is 12.7. The van der Waals surface area contributed by atoms with Crippen LogP contribution in [-0.4, -0.2) is 23.9 Å². The summed E-state index contributed by atoms with van der Waals surface area (Å²) in [5, 5.41) is 5.49. The summed E-state index contributed by atoms with van der Waals surface area (Å²) in [4.78, 5) is 16.9. The van der Waals surface area contributed by atoms with Gasteiger partial charge in [-0.3, -0.25) is 9.78 Å². The first-order valence-corrected chi connectivity index (χ1v) is 7.82. The number of carbonyl (C=O) groups excluding carboxylic acids is 1. The molecule has 3 nitrogen and oxygen atoms in total. The largest absolute Gasteiger partial charge is 0.316 e. The lowest BCUT2D eigenvalue weighted by Gasteiger charge is -2.28. The zero-order valence-corrected chi connectivity index (χ0v) is 12.5. The van der Waals surface area contributed by atoms with Gasteiger partial charge >= 0.3 is 0 Å². The molecule has 0 saturated carbocycles. The van der Waals surface area contributed by atoms with Crippen molar-refractivity contribution in [1.29, 1.82) is 0 Å². The van der Waals surface area contributed by atoms with Gasteiger partial charge in [0, 0.05) is 29.8 Å². The summed E-state index contributed by atoms with van der Waals surface area (Å²) < 4.78 is 0. The van der Waals surface area contributed by atoms with Gasteiger partial charge in [0.15, 0.2) is 5.78 Å². The highest BCUT2D eigenvalue weighted by molar-refractivity contribution is 6.07. The van der Waals surface area contributed by atoms with E-state index in [-0.39, 0.29) is 5.78 Å². The standard InChI is InChI=1S/C18H22N2O/c1-13(14-6-4-8-19-10-14)9-18(21)17-12-20-11-15-5-2-3-7-16(15)17/h2-3,5,7,11-14,19H,4,6,8-10H2,1H3. The van der Waals surface area contributed by atoms with Gasteiger partial charge in [0.05, 0.1) is 0 Å². The number of hydrogen-bond donors (Lipinski definition) is 1. The van der Waals surface area contributed by atoms with Crippen LogP contribution in [0.25, 0.3) is 10.8 Å². The van der Waals surface area contributed by atoms with Crippen LogP contribution in [-0.2, 0) is 0 Å². The van der Waals surface area contributed by atoms with Crippen molar-refractivity contribution in [3.63, 3.8) is 0 Å². The Morgan fingerprint density at radius 1 is 1.38 bits per heavy atom. The van der Waals surface area contributed by atoms with Gasteiger partial charge in [0.2, 0.25) is 0 Å². The van der Waals surface area contributed by atoms with Crippen molar-refractivity contribution >= 4 is 16.6 Å². The molecule has 1 aromatic carbocycles. The maximum Gasteiger partial charge on any atom is 0.165 e. The number of ketones is 1. The molecule has 3 heteroatoms. The van der Waals surface area contributed by atoms with E-state index in [1.165, 1.54) is 12.8 Å². The third kappa shape index (κ3) is 3.13. The smallest absolute Gasteiger partial charge is 0.165 e. The number of carbonyl (C=O) groups is 1. The molecule has 0 bridgehead atoms. The van der Waals surface area contributed by atoms with E-state index in [2.05, 4.69) is 17.2 Å². The molecule has 0 amide bonds. The number of pyridine rings is 1. The highest BCUT2D eigenvalue weighted by atomic mass is 16.1. The van der Waals surface area contributed by atoms with E-state index in [1.807, 2.05) is 30.5 Å². The lowest BCUT2D eigenvalue weighted by molar-refractivity contribution is 0.0944. The van der Waals surface area contributed by atoms with E-state index in [9.17, 15) is 4.79 Å². The van der Waals surface area contributed by atoms with Gasteiger partial charge in [-0.05, 0) is 43.2 Å². The summed E-state index contributed by atoms with van der Waals surface area (Å²) >= 11 is 0. The van der Waals surface area contributed by atoms with E-state index >= 15 is 0 Å². The van der Waals surface area contributed by atoms with Gasteiger partial charge in [-0.2, -0.15) is 0 Å². The van der Waals surface area contributed by atoms with Crippen LogP contribution in [0, 0.1) is 11.8 Å². The molecule has 110 valence electrons. The van der Waals surface area contributed by atoms with Crippen molar-refractivity contribution in [3.8, 4) is 0 Å². The zero-order chi connectivity index (χ0) is 14.7. The van der Waals surface area contributed by atoms with Gasteiger partial charge in [-0.15, -0.1) is 0 Å². The Bertz CT molecular complexity index is 627. The number of hydrogen-bond acceptors (Lipinski definition) is 3. The molecular weight excluding hydrogens is 260 g/mol. The van der Waals surface area contributed by atoms with E-state index < -0.39 is 0 Å². The summed E-state index contributed by atoms with van der Waals surface area (Å²) in [6, 6.07) is 7.98. The number of Topliss-reactive ketones (excluding diaryl/α,β-unsaturated/α-hetero) is 1. The Labute approximate surface area is 125 Å². The lowest BCUT2D eigenvalue weighted by Crippen LogP contribution is -2.34. The molecule has 2 heterocycles. The van der Waals surface area contributed by atoms with Gasteiger partial charge in [0.1, 0.15) is 0 Å². The minimum atomic E-state index is 0.220. The Kier molecular flexibility index (Phi) is 4.30. The number of fused-ring (bicyclic) bond motifs is 1. The quantitative estimate of drug-likeness (QED) is 0.873. The second kappa shape index (κ2) is 6.35. The van der Waals surface area contributed by atoms with Crippen LogP contribution in [0.4, 0.5) is 0 Å². The lowest BCUT2D eigenvalue weighted by atomic mass is 9.83. The second-order valence-electron chi connectivity index (χ2n) is 6.12. The first-order valence-electron chi connectivity index (χ1n) is 7.82. The number of benzene rings is 1. The van der Waals surface area contributed by atoms with Crippen LogP contribution in [0.1, 0.15) is 36.5 Å². The fourth-order valence-corrected chi connectivity index (χ4v) is 3.27. The topological polar surface area (TPSA) is 42.0 Å². The second-order valence-corrected chi connectivity index (χ2v) is 6.12. The molecular formula is C18H22N2O. The molecule has 0 aliphatic carbocycles. The average molecular weight is 282 g/mol. The summed E-state index contributed by atoms with van der Waals surface area (Å²) in [7, 11) is 0. The normalized spacial score (nSPS) is 20.3. The van der Waals surface area contributed by atoms with Crippen LogP contribution < -0.4 is 5.32 Å². The van der Waals surface area contributed by atoms with Crippen molar-refractivity contribution in [2.75, 3.05) is 13.1 Å². The minimum Gasteiger partial charge on any atom is -0.316 e. The minimum absolute atomic E-state index is 0.220. The zero-order valence-electron chi connectivity index (χ0n) is 12.5. The Morgan fingerprint density at radius 3 is 3.05 bits per heavy atom. The molecule has 1 aliphatic heterocycles. The van der Waals surface area contributed by atoms with Crippen molar-refractivity contribution in [1.82, 2.24) is 10.3 Å². The summed E-state index contributed by atoms with van der Waals surface area (Å²) in [6.07, 6.45) is 6.60.